The lowest BCUT2D eigenvalue weighted by molar-refractivity contribution is 0.0369. The second-order valence-electron chi connectivity index (χ2n) is 7.40. The molecular weight excluding hydrogens is 386 g/mol. The first-order valence-electron chi connectivity index (χ1n) is 10.00. The van der Waals surface area contributed by atoms with Gasteiger partial charge < -0.3 is 14.0 Å². The molecule has 0 atom stereocenters. The second-order valence-corrected chi connectivity index (χ2v) is 7.40. The minimum Gasteiger partial charge on any atom is -0.465 e. The normalized spacial score (nSPS) is 15.0. The summed E-state index contributed by atoms with van der Waals surface area (Å²) in [6.45, 7) is 6.40. The number of morpholine rings is 1. The van der Waals surface area contributed by atoms with Gasteiger partial charge in [-0.15, -0.1) is 0 Å². The van der Waals surface area contributed by atoms with E-state index >= 15 is 0 Å². The van der Waals surface area contributed by atoms with Gasteiger partial charge in [-0.1, -0.05) is 6.07 Å². The number of ether oxygens (including phenoxy) is 2. The molecule has 30 heavy (non-hydrogen) atoms. The minimum absolute atomic E-state index is 0.00108. The van der Waals surface area contributed by atoms with Gasteiger partial charge in [0.15, 0.2) is 0 Å². The van der Waals surface area contributed by atoms with E-state index in [-0.39, 0.29) is 16.6 Å². The number of carbonyl (C=O) groups is 1. The van der Waals surface area contributed by atoms with Crippen LogP contribution in [0.3, 0.4) is 0 Å². The van der Waals surface area contributed by atoms with E-state index in [9.17, 15) is 9.59 Å². The number of rotatable bonds is 5. The van der Waals surface area contributed by atoms with Crippen LogP contribution in [0.4, 0.5) is 0 Å². The quantitative estimate of drug-likeness (QED) is 0.495. The number of fused-ring (bicyclic) bond motifs is 2. The van der Waals surface area contributed by atoms with Crippen LogP contribution in [-0.2, 0) is 16.0 Å². The Kier molecular flexibility index (Phi) is 5.65. The number of aromatic nitrogens is 3. The highest BCUT2D eigenvalue weighted by Crippen LogP contribution is 2.13. The van der Waals surface area contributed by atoms with Gasteiger partial charge in [0.05, 0.1) is 25.7 Å². The van der Waals surface area contributed by atoms with E-state index in [4.69, 9.17) is 19.9 Å². The smallest absolute Gasteiger partial charge is 0.341 e. The van der Waals surface area contributed by atoms with Gasteiger partial charge in [0.1, 0.15) is 22.3 Å². The Morgan fingerprint density at radius 1 is 1.27 bits per heavy atom. The average molecular weight is 411 g/mol. The van der Waals surface area contributed by atoms with Crippen LogP contribution in [0.15, 0.2) is 29.2 Å². The van der Waals surface area contributed by atoms with Crippen LogP contribution >= 0.6 is 0 Å². The van der Waals surface area contributed by atoms with Gasteiger partial charge in [-0.3, -0.25) is 19.5 Å². The van der Waals surface area contributed by atoms with Crippen molar-refractivity contribution in [3.05, 3.63) is 51.4 Å². The second kappa shape index (κ2) is 8.37. The third kappa shape index (κ3) is 3.61. The van der Waals surface area contributed by atoms with E-state index < -0.39 is 5.97 Å². The predicted octanol–water partition coefficient (Wildman–Crippen LogP) is 0.946. The number of nitrogens with one attached hydrogen (secondary N) is 1. The molecule has 0 bridgehead atoms. The van der Waals surface area contributed by atoms with Gasteiger partial charge in [0.2, 0.25) is 0 Å². The van der Waals surface area contributed by atoms with E-state index in [0.29, 0.717) is 23.2 Å². The van der Waals surface area contributed by atoms with Crippen LogP contribution in [0.25, 0.3) is 16.7 Å². The fraction of sp³-hybridized carbons (Fsp3) is 0.429. The first-order valence-corrected chi connectivity index (χ1v) is 10.00. The summed E-state index contributed by atoms with van der Waals surface area (Å²) >= 11 is 0. The van der Waals surface area contributed by atoms with E-state index in [1.807, 2.05) is 13.0 Å². The van der Waals surface area contributed by atoms with Gasteiger partial charge in [-0.2, -0.15) is 0 Å². The zero-order valence-electron chi connectivity index (χ0n) is 17.2. The summed E-state index contributed by atoms with van der Waals surface area (Å²) in [7, 11) is 1.27. The number of pyridine rings is 2. The first kappa shape index (κ1) is 20.2. The molecule has 1 fully saturated rings. The molecule has 0 unspecified atom stereocenters. The fourth-order valence-electron chi connectivity index (χ4n) is 3.86. The molecular formula is C21H25N5O4. The van der Waals surface area contributed by atoms with Gasteiger partial charge in [0, 0.05) is 32.4 Å². The maximum Gasteiger partial charge on any atom is 0.341 e. The predicted molar refractivity (Wildman–Crippen MR) is 111 cm³/mol. The summed E-state index contributed by atoms with van der Waals surface area (Å²) in [5, 5.41) is 8.89. The van der Waals surface area contributed by atoms with E-state index in [2.05, 4.69) is 4.90 Å². The standard InChI is InChI=1S/C21H25N5O4/c1-14-5-3-7-26-18(14)23-19-16(20(26)27)13-15(21(28)29-2)17(22)25(19)8-4-6-24-9-11-30-12-10-24/h3,5,7,13,22H,4,6,8-12H2,1-2H3. The minimum atomic E-state index is -0.641. The lowest BCUT2D eigenvalue weighted by atomic mass is 10.2. The monoisotopic (exact) mass is 411 g/mol. The molecule has 1 aliphatic heterocycles. The van der Waals surface area contributed by atoms with Crippen molar-refractivity contribution in [3.8, 4) is 0 Å². The molecule has 3 aromatic heterocycles. The van der Waals surface area contributed by atoms with E-state index in [1.54, 1.807) is 16.8 Å². The Morgan fingerprint density at radius 2 is 2.03 bits per heavy atom. The van der Waals surface area contributed by atoms with Crippen molar-refractivity contribution in [1.29, 1.82) is 5.41 Å². The molecule has 0 spiro atoms. The molecule has 0 amide bonds. The van der Waals surface area contributed by atoms with Crippen molar-refractivity contribution in [3.63, 3.8) is 0 Å². The number of carbonyl (C=O) groups excluding carboxylic acids is 1. The Bertz CT molecular complexity index is 1220. The van der Waals surface area contributed by atoms with Crippen LogP contribution < -0.4 is 11.0 Å². The molecule has 158 valence electrons. The van der Waals surface area contributed by atoms with Crippen LogP contribution in [0.2, 0.25) is 0 Å². The van der Waals surface area contributed by atoms with Crippen molar-refractivity contribution in [2.45, 2.75) is 19.9 Å². The van der Waals surface area contributed by atoms with Gasteiger partial charge >= 0.3 is 5.97 Å². The third-order valence-corrected chi connectivity index (χ3v) is 5.50. The zero-order valence-corrected chi connectivity index (χ0v) is 17.2. The number of aryl methyl sites for hydroxylation is 2. The lowest BCUT2D eigenvalue weighted by Crippen LogP contribution is -2.37. The fourth-order valence-corrected chi connectivity index (χ4v) is 3.86. The summed E-state index contributed by atoms with van der Waals surface area (Å²) in [4.78, 5) is 32.5. The zero-order chi connectivity index (χ0) is 21.3. The summed E-state index contributed by atoms with van der Waals surface area (Å²) in [6, 6.07) is 5.10. The molecule has 0 saturated carbocycles. The van der Waals surface area contributed by atoms with Crippen molar-refractivity contribution in [2.75, 3.05) is 40.0 Å². The van der Waals surface area contributed by atoms with Crippen molar-refractivity contribution < 1.29 is 14.3 Å². The summed E-state index contributed by atoms with van der Waals surface area (Å²) < 4.78 is 13.4. The lowest BCUT2D eigenvalue weighted by Gasteiger charge is -2.26. The summed E-state index contributed by atoms with van der Waals surface area (Å²) in [5.41, 5.74) is 1.60. The van der Waals surface area contributed by atoms with Gasteiger partial charge in [-0.25, -0.2) is 9.78 Å². The van der Waals surface area contributed by atoms with Crippen LogP contribution in [0, 0.1) is 12.3 Å². The maximum absolute atomic E-state index is 13.2. The highest BCUT2D eigenvalue weighted by Gasteiger charge is 2.18. The molecule has 9 nitrogen and oxygen atoms in total. The molecule has 1 saturated heterocycles. The highest BCUT2D eigenvalue weighted by atomic mass is 16.5. The molecule has 1 aliphatic rings. The number of nitrogens with zero attached hydrogens (tertiary/aromatic N) is 4. The van der Waals surface area contributed by atoms with Gasteiger partial charge in [-0.05, 0) is 31.0 Å². The highest BCUT2D eigenvalue weighted by molar-refractivity contribution is 5.93. The number of esters is 1. The maximum atomic E-state index is 13.2. The van der Waals surface area contributed by atoms with Crippen molar-refractivity contribution in [2.24, 2.45) is 0 Å². The molecule has 9 heteroatoms. The first-order chi connectivity index (χ1) is 14.5. The molecule has 3 aromatic rings. The molecule has 4 rings (SSSR count). The number of methoxy groups -OCH3 is 1. The topological polar surface area (TPSA) is 102 Å². The van der Waals surface area contributed by atoms with Crippen LogP contribution in [0.5, 0.6) is 0 Å². The molecule has 1 N–H and O–H groups in total. The van der Waals surface area contributed by atoms with Crippen molar-refractivity contribution in [1.82, 2.24) is 18.9 Å². The van der Waals surface area contributed by atoms with E-state index in [0.717, 1.165) is 44.8 Å². The number of hydrogen-bond donors (Lipinski definition) is 1. The van der Waals surface area contributed by atoms with Crippen LogP contribution in [0.1, 0.15) is 22.3 Å². The molecule has 0 aliphatic carbocycles. The molecule has 0 aromatic carbocycles. The third-order valence-electron chi connectivity index (χ3n) is 5.50. The average Bonchev–Trinajstić information content (AvgIpc) is 2.76. The molecule has 4 heterocycles. The molecule has 0 radical (unpaired) electrons. The number of hydrogen-bond acceptors (Lipinski definition) is 7. The Labute approximate surface area is 173 Å². The Balaban J connectivity index is 1.84. The largest absolute Gasteiger partial charge is 0.465 e. The Hall–Kier alpha value is -3.04. The Morgan fingerprint density at radius 3 is 2.77 bits per heavy atom. The SMILES string of the molecule is COC(=O)c1cc2c(=O)n3cccc(C)c3nc2n(CCCN2CCOCC2)c1=N. The van der Waals surface area contributed by atoms with Crippen LogP contribution in [-0.4, -0.2) is 64.8 Å². The van der Waals surface area contributed by atoms with Crippen molar-refractivity contribution >= 4 is 22.6 Å². The summed E-state index contributed by atoms with van der Waals surface area (Å²) in [6.07, 6.45) is 2.41. The summed E-state index contributed by atoms with van der Waals surface area (Å²) in [5.74, 6) is -0.641. The van der Waals surface area contributed by atoms with Gasteiger partial charge in [0.25, 0.3) is 5.56 Å². The van der Waals surface area contributed by atoms with E-state index in [1.165, 1.54) is 17.6 Å².